The number of carbonyl (C=O) groups is 2. The van der Waals surface area contributed by atoms with Gasteiger partial charge in [-0.05, 0) is 46.8 Å². The smallest absolute Gasteiger partial charge is 0.316 e. The standard InChI is InChI=1S/C16H15N7O2/c1-23-14(20-21-22-23)11-3-2-4-13(9-11)18-15(24)10-5-7-12(8-6-10)19-16(17)25/h2-9H,1H3,(H,18,24)(H3,17,19,25). The van der Waals surface area contributed by atoms with E-state index in [1.165, 1.54) is 0 Å². The van der Waals surface area contributed by atoms with E-state index in [0.717, 1.165) is 5.56 Å². The number of anilines is 2. The molecular weight excluding hydrogens is 322 g/mol. The van der Waals surface area contributed by atoms with E-state index in [9.17, 15) is 9.59 Å². The van der Waals surface area contributed by atoms with Crippen LogP contribution in [0.5, 0.6) is 0 Å². The minimum atomic E-state index is -0.660. The number of aryl methyl sites for hydroxylation is 1. The Morgan fingerprint density at radius 1 is 1.04 bits per heavy atom. The highest BCUT2D eigenvalue weighted by atomic mass is 16.2. The molecule has 0 bridgehead atoms. The first-order valence-electron chi connectivity index (χ1n) is 7.33. The number of primary amides is 1. The quantitative estimate of drug-likeness (QED) is 0.666. The fourth-order valence-corrected chi connectivity index (χ4v) is 2.26. The fraction of sp³-hybridized carbons (Fsp3) is 0.0625. The van der Waals surface area contributed by atoms with Crippen molar-refractivity contribution in [3.8, 4) is 11.4 Å². The van der Waals surface area contributed by atoms with Crippen molar-refractivity contribution in [1.29, 1.82) is 0 Å². The van der Waals surface area contributed by atoms with Crippen molar-refractivity contribution in [2.24, 2.45) is 12.8 Å². The molecule has 25 heavy (non-hydrogen) atoms. The monoisotopic (exact) mass is 337 g/mol. The molecule has 0 atom stereocenters. The SMILES string of the molecule is Cn1nnnc1-c1cccc(NC(=O)c2ccc(NC(N)=O)cc2)c1. The van der Waals surface area contributed by atoms with Crippen molar-refractivity contribution in [2.75, 3.05) is 10.6 Å². The van der Waals surface area contributed by atoms with Gasteiger partial charge in [0, 0.05) is 29.5 Å². The van der Waals surface area contributed by atoms with E-state index in [4.69, 9.17) is 5.73 Å². The molecule has 126 valence electrons. The molecule has 0 aliphatic rings. The van der Waals surface area contributed by atoms with E-state index in [1.807, 2.05) is 6.07 Å². The number of nitrogens with two attached hydrogens (primary N) is 1. The second kappa shape index (κ2) is 6.79. The highest BCUT2D eigenvalue weighted by Gasteiger charge is 2.09. The van der Waals surface area contributed by atoms with Crippen LogP contribution in [0.4, 0.5) is 16.2 Å². The number of urea groups is 1. The lowest BCUT2D eigenvalue weighted by Gasteiger charge is -2.08. The zero-order valence-electron chi connectivity index (χ0n) is 13.3. The maximum absolute atomic E-state index is 12.3. The van der Waals surface area contributed by atoms with Gasteiger partial charge in [0.25, 0.3) is 5.91 Å². The third kappa shape index (κ3) is 3.78. The highest BCUT2D eigenvalue weighted by molar-refractivity contribution is 6.04. The predicted octanol–water partition coefficient (Wildman–Crippen LogP) is 1.62. The number of nitrogens with one attached hydrogen (secondary N) is 2. The number of nitrogens with zero attached hydrogens (tertiary/aromatic N) is 4. The first kappa shape index (κ1) is 16.1. The number of aromatic nitrogens is 4. The molecule has 0 unspecified atom stereocenters. The van der Waals surface area contributed by atoms with Crippen molar-refractivity contribution in [3.05, 3.63) is 54.1 Å². The first-order chi connectivity index (χ1) is 12.0. The van der Waals surface area contributed by atoms with Gasteiger partial charge in [-0.15, -0.1) is 5.10 Å². The topological polar surface area (TPSA) is 128 Å². The first-order valence-corrected chi connectivity index (χ1v) is 7.33. The molecule has 0 aliphatic heterocycles. The third-order valence-electron chi connectivity index (χ3n) is 3.41. The normalized spacial score (nSPS) is 10.3. The Morgan fingerprint density at radius 3 is 2.44 bits per heavy atom. The Bertz CT molecular complexity index is 918. The molecule has 3 aromatic rings. The zero-order chi connectivity index (χ0) is 17.8. The molecule has 2 aromatic carbocycles. The highest BCUT2D eigenvalue weighted by Crippen LogP contribution is 2.20. The molecule has 1 heterocycles. The van der Waals surface area contributed by atoms with Crippen LogP contribution in [0.25, 0.3) is 11.4 Å². The lowest BCUT2D eigenvalue weighted by molar-refractivity contribution is 0.102. The molecule has 0 fully saturated rings. The Kier molecular flexibility index (Phi) is 4.38. The molecule has 1 aromatic heterocycles. The van der Waals surface area contributed by atoms with E-state index in [0.29, 0.717) is 22.8 Å². The van der Waals surface area contributed by atoms with Gasteiger partial charge in [-0.25, -0.2) is 9.48 Å². The van der Waals surface area contributed by atoms with Crippen molar-refractivity contribution in [1.82, 2.24) is 20.2 Å². The Balaban J connectivity index is 1.75. The molecule has 0 spiro atoms. The number of carbonyl (C=O) groups excluding carboxylic acids is 2. The average Bonchev–Trinajstić information content (AvgIpc) is 3.01. The summed E-state index contributed by atoms with van der Waals surface area (Å²) in [5.41, 5.74) is 7.40. The summed E-state index contributed by atoms with van der Waals surface area (Å²) in [4.78, 5) is 23.1. The number of benzene rings is 2. The maximum atomic E-state index is 12.3. The van der Waals surface area contributed by atoms with Crippen molar-refractivity contribution < 1.29 is 9.59 Å². The van der Waals surface area contributed by atoms with Gasteiger partial charge in [0.15, 0.2) is 5.82 Å². The van der Waals surface area contributed by atoms with Crippen molar-refractivity contribution >= 4 is 23.3 Å². The second-order valence-electron chi connectivity index (χ2n) is 5.23. The summed E-state index contributed by atoms with van der Waals surface area (Å²) in [6.07, 6.45) is 0. The Labute approximate surface area is 142 Å². The fourth-order valence-electron chi connectivity index (χ4n) is 2.26. The van der Waals surface area contributed by atoms with Crippen LogP contribution >= 0.6 is 0 Å². The summed E-state index contributed by atoms with van der Waals surface area (Å²) in [5.74, 6) is 0.317. The average molecular weight is 337 g/mol. The maximum Gasteiger partial charge on any atom is 0.316 e. The van der Waals surface area contributed by atoms with Crippen LogP contribution in [0, 0.1) is 0 Å². The van der Waals surface area contributed by atoms with Crippen LogP contribution < -0.4 is 16.4 Å². The van der Waals surface area contributed by atoms with Crippen molar-refractivity contribution in [3.63, 3.8) is 0 Å². The van der Waals surface area contributed by atoms with Gasteiger partial charge >= 0.3 is 6.03 Å². The molecule has 0 saturated heterocycles. The summed E-state index contributed by atoms with van der Waals surface area (Å²) in [6, 6.07) is 12.9. The van der Waals surface area contributed by atoms with Crippen LogP contribution in [0.15, 0.2) is 48.5 Å². The van der Waals surface area contributed by atoms with Gasteiger partial charge in [-0.3, -0.25) is 4.79 Å². The Hall–Kier alpha value is -3.75. The molecule has 0 aliphatic carbocycles. The zero-order valence-corrected chi connectivity index (χ0v) is 13.3. The number of hydrogen-bond donors (Lipinski definition) is 3. The summed E-state index contributed by atoms with van der Waals surface area (Å²) in [5, 5.41) is 16.6. The lowest BCUT2D eigenvalue weighted by Crippen LogP contribution is -2.19. The van der Waals surface area contributed by atoms with E-state index in [1.54, 1.807) is 54.2 Å². The number of hydrogen-bond acceptors (Lipinski definition) is 5. The number of tetrazole rings is 1. The van der Waals surface area contributed by atoms with Gasteiger partial charge in [0.1, 0.15) is 0 Å². The van der Waals surface area contributed by atoms with E-state index >= 15 is 0 Å². The van der Waals surface area contributed by atoms with Crippen molar-refractivity contribution in [2.45, 2.75) is 0 Å². The van der Waals surface area contributed by atoms with E-state index in [2.05, 4.69) is 26.2 Å². The summed E-state index contributed by atoms with van der Waals surface area (Å²) < 4.78 is 1.55. The molecule has 9 nitrogen and oxygen atoms in total. The summed E-state index contributed by atoms with van der Waals surface area (Å²) in [7, 11) is 1.74. The van der Waals surface area contributed by atoms with Gasteiger partial charge in [0.2, 0.25) is 0 Å². The molecule has 9 heteroatoms. The molecular formula is C16H15N7O2. The van der Waals surface area contributed by atoms with E-state index in [-0.39, 0.29) is 5.91 Å². The Morgan fingerprint density at radius 2 is 1.80 bits per heavy atom. The molecule has 3 rings (SSSR count). The predicted molar refractivity (Wildman–Crippen MR) is 91.8 cm³/mol. The molecule has 4 N–H and O–H groups in total. The van der Waals surface area contributed by atoms with Crippen LogP contribution in [-0.4, -0.2) is 32.1 Å². The number of rotatable bonds is 4. The van der Waals surface area contributed by atoms with E-state index < -0.39 is 6.03 Å². The molecule has 0 radical (unpaired) electrons. The summed E-state index contributed by atoms with van der Waals surface area (Å²) in [6.45, 7) is 0. The van der Waals surface area contributed by atoms with Gasteiger partial charge in [-0.1, -0.05) is 12.1 Å². The lowest BCUT2D eigenvalue weighted by atomic mass is 10.1. The molecule has 0 saturated carbocycles. The largest absolute Gasteiger partial charge is 0.351 e. The second-order valence-corrected chi connectivity index (χ2v) is 5.23. The minimum absolute atomic E-state index is 0.279. The van der Waals surface area contributed by atoms with Crippen LogP contribution in [0.2, 0.25) is 0 Å². The van der Waals surface area contributed by atoms with Crippen LogP contribution in [-0.2, 0) is 7.05 Å². The van der Waals surface area contributed by atoms with Crippen LogP contribution in [0.3, 0.4) is 0 Å². The van der Waals surface area contributed by atoms with Crippen LogP contribution in [0.1, 0.15) is 10.4 Å². The number of amides is 3. The van der Waals surface area contributed by atoms with Gasteiger partial charge in [0.05, 0.1) is 0 Å². The third-order valence-corrected chi connectivity index (χ3v) is 3.41. The minimum Gasteiger partial charge on any atom is -0.351 e. The summed E-state index contributed by atoms with van der Waals surface area (Å²) >= 11 is 0. The molecule has 3 amide bonds. The van der Waals surface area contributed by atoms with Gasteiger partial charge in [-0.2, -0.15) is 0 Å². The van der Waals surface area contributed by atoms with Gasteiger partial charge < -0.3 is 16.4 Å².